The van der Waals surface area contributed by atoms with Crippen LogP contribution in [0.3, 0.4) is 0 Å². The normalized spacial score (nSPS) is 11.9. The van der Waals surface area contributed by atoms with Crippen LogP contribution in [0.5, 0.6) is 5.75 Å². The third-order valence-electron chi connectivity index (χ3n) is 6.11. The molecule has 4 aromatic rings. The van der Waals surface area contributed by atoms with E-state index in [1.807, 2.05) is 44.2 Å². The van der Waals surface area contributed by atoms with Crippen molar-refractivity contribution in [2.75, 3.05) is 19.8 Å². The minimum atomic E-state index is -4.01. The number of benzene rings is 2. The van der Waals surface area contributed by atoms with E-state index in [2.05, 4.69) is 10.1 Å². The molecule has 10 nitrogen and oxygen atoms in total. The Morgan fingerprint density at radius 2 is 1.87 bits per heavy atom. The molecule has 0 saturated carbocycles. The second kappa shape index (κ2) is 11.9. The molecule has 0 radical (unpaired) electrons. The Balaban J connectivity index is 1.85. The summed E-state index contributed by atoms with van der Waals surface area (Å²) in [4.78, 5) is 20.6. The molecule has 0 aliphatic carbocycles. The molecule has 2 N–H and O–H groups in total. The monoisotopic (exact) mass is 539 g/mol. The molecule has 38 heavy (non-hydrogen) atoms. The number of aliphatic hydroxyl groups excluding tert-OH is 1. The van der Waals surface area contributed by atoms with E-state index in [0.29, 0.717) is 41.1 Å². The van der Waals surface area contributed by atoms with Crippen LogP contribution in [0.4, 0.5) is 0 Å². The van der Waals surface area contributed by atoms with Gasteiger partial charge in [0.25, 0.3) is 5.56 Å². The first kappa shape index (κ1) is 27.5. The highest BCUT2D eigenvalue weighted by Gasteiger charge is 2.27. The molecule has 0 unspecified atom stereocenters. The zero-order valence-electron chi connectivity index (χ0n) is 21.8. The number of aromatic nitrogens is 4. The second-order valence-electron chi connectivity index (χ2n) is 8.99. The van der Waals surface area contributed by atoms with Crippen molar-refractivity contribution >= 4 is 21.1 Å². The van der Waals surface area contributed by atoms with Crippen molar-refractivity contribution in [1.82, 2.24) is 24.1 Å². The van der Waals surface area contributed by atoms with Gasteiger partial charge in [-0.1, -0.05) is 50.6 Å². The lowest BCUT2D eigenvalue weighted by atomic mass is 10.1. The maximum absolute atomic E-state index is 13.7. The zero-order valence-corrected chi connectivity index (χ0v) is 22.7. The first-order valence-electron chi connectivity index (χ1n) is 12.7. The summed E-state index contributed by atoms with van der Waals surface area (Å²) in [5.41, 5.74) is 2.32. The Hall–Kier alpha value is -3.54. The fraction of sp³-hybridized carbons (Fsp3) is 0.370. The summed E-state index contributed by atoms with van der Waals surface area (Å²) in [5.74, 6) is 0.610. The Kier molecular flexibility index (Phi) is 8.60. The summed E-state index contributed by atoms with van der Waals surface area (Å²) >= 11 is 0. The molecule has 0 bridgehead atoms. The van der Waals surface area contributed by atoms with Crippen LogP contribution in [0.2, 0.25) is 0 Å². The molecule has 202 valence electrons. The van der Waals surface area contributed by atoms with Crippen molar-refractivity contribution in [1.29, 1.82) is 0 Å². The fourth-order valence-electron chi connectivity index (χ4n) is 4.30. The first-order chi connectivity index (χ1) is 18.3. The Morgan fingerprint density at radius 1 is 1.11 bits per heavy atom. The van der Waals surface area contributed by atoms with Crippen LogP contribution in [-0.2, 0) is 30.0 Å². The van der Waals surface area contributed by atoms with E-state index in [0.717, 1.165) is 18.4 Å². The lowest BCUT2D eigenvalue weighted by Gasteiger charge is -2.22. The Morgan fingerprint density at radius 3 is 2.55 bits per heavy atom. The van der Waals surface area contributed by atoms with Gasteiger partial charge in [0, 0.05) is 20.1 Å². The van der Waals surface area contributed by atoms with Crippen molar-refractivity contribution in [3.8, 4) is 17.1 Å². The van der Waals surface area contributed by atoms with Crippen LogP contribution in [0.15, 0.2) is 58.2 Å². The SMILES string of the molecule is CCCOc1ccc(S(=O)(=O)N(CCO)Cc2ccccc2)cc1-c1nc2c(CCC)nn(C)c2c(=O)[nH]1. The number of hydrogen-bond acceptors (Lipinski definition) is 7. The molecule has 0 amide bonds. The maximum Gasteiger partial charge on any atom is 0.277 e. The van der Waals surface area contributed by atoms with Gasteiger partial charge in [-0.15, -0.1) is 0 Å². The average molecular weight is 540 g/mol. The van der Waals surface area contributed by atoms with Gasteiger partial charge in [-0.25, -0.2) is 13.4 Å². The number of nitrogens with zero attached hydrogens (tertiary/aromatic N) is 4. The summed E-state index contributed by atoms with van der Waals surface area (Å²) in [6.07, 6.45) is 2.22. The highest BCUT2D eigenvalue weighted by Crippen LogP contribution is 2.32. The van der Waals surface area contributed by atoms with Gasteiger partial charge in [0.05, 0.1) is 29.4 Å². The quantitative estimate of drug-likeness (QED) is 0.283. The van der Waals surface area contributed by atoms with Gasteiger partial charge in [-0.3, -0.25) is 9.48 Å². The lowest BCUT2D eigenvalue weighted by molar-refractivity contribution is 0.251. The molecule has 4 rings (SSSR count). The van der Waals surface area contributed by atoms with Gasteiger partial charge in [-0.05, 0) is 36.6 Å². The molecule has 11 heteroatoms. The molecule has 0 fully saturated rings. The van der Waals surface area contributed by atoms with Crippen molar-refractivity contribution in [3.05, 3.63) is 70.1 Å². The average Bonchev–Trinajstić information content (AvgIpc) is 3.23. The molecule has 0 saturated heterocycles. The van der Waals surface area contributed by atoms with Gasteiger partial charge in [-0.2, -0.15) is 9.40 Å². The molecule has 2 aromatic heterocycles. The van der Waals surface area contributed by atoms with Crippen LogP contribution in [0, 0.1) is 0 Å². The van der Waals surface area contributed by atoms with E-state index in [4.69, 9.17) is 9.72 Å². The highest BCUT2D eigenvalue weighted by molar-refractivity contribution is 7.89. The summed E-state index contributed by atoms with van der Waals surface area (Å²) < 4.78 is 36.1. The third kappa shape index (κ3) is 5.64. The molecular formula is C27H33N5O5S. The number of hydrogen-bond donors (Lipinski definition) is 2. The summed E-state index contributed by atoms with van der Waals surface area (Å²) in [6.45, 7) is 4.09. The standard InChI is InChI=1S/C27H33N5O5S/c1-4-9-22-24-25(31(3)30-22)27(34)29-26(28-24)21-17-20(12-13-23(21)37-16-5-2)38(35,36)32(14-15-33)18-19-10-7-6-8-11-19/h6-8,10-13,17,33H,4-5,9,14-16,18H2,1-3H3,(H,28,29,34). The van der Waals surface area contributed by atoms with Crippen LogP contribution >= 0.6 is 0 Å². The fourth-order valence-corrected chi connectivity index (χ4v) is 5.75. The van der Waals surface area contributed by atoms with Crippen molar-refractivity contribution in [2.24, 2.45) is 7.05 Å². The Labute approximate surface area is 222 Å². The van der Waals surface area contributed by atoms with Crippen molar-refractivity contribution in [3.63, 3.8) is 0 Å². The first-order valence-corrected chi connectivity index (χ1v) is 14.1. The predicted octanol–water partition coefficient (Wildman–Crippen LogP) is 3.25. The summed E-state index contributed by atoms with van der Waals surface area (Å²) in [5, 5.41) is 14.1. The number of rotatable bonds is 12. The number of aryl methyl sites for hydroxylation is 2. The Bertz CT molecular complexity index is 1560. The minimum absolute atomic E-state index is 0.00319. The van der Waals surface area contributed by atoms with E-state index >= 15 is 0 Å². The summed E-state index contributed by atoms with van der Waals surface area (Å²) in [6, 6.07) is 13.7. The van der Waals surface area contributed by atoms with E-state index in [9.17, 15) is 18.3 Å². The number of sulfonamides is 1. The lowest BCUT2D eigenvalue weighted by Crippen LogP contribution is -2.33. The number of aromatic amines is 1. The predicted molar refractivity (Wildman–Crippen MR) is 145 cm³/mol. The van der Waals surface area contributed by atoms with Crippen LogP contribution in [-0.4, -0.2) is 57.3 Å². The summed E-state index contributed by atoms with van der Waals surface area (Å²) in [7, 11) is -2.31. The van der Waals surface area contributed by atoms with Crippen LogP contribution < -0.4 is 10.3 Å². The molecular weight excluding hydrogens is 506 g/mol. The van der Waals surface area contributed by atoms with Gasteiger partial charge in [0.1, 0.15) is 17.1 Å². The van der Waals surface area contributed by atoms with Gasteiger partial charge in [0.2, 0.25) is 10.0 Å². The molecule has 0 spiro atoms. The topological polar surface area (TPSA) is 130 Å². The number of ether oxygens (including phenoxy) is 1. The van der Waals surface area contributed by atoms with Gasteiger partial charge < -0.3 is 14.8 Å². The number of H-pyrrole nitrogens is 1. The molecule has 2 heterocycles. The van der Waals surface area contributed by atoms with Crippen molar-refractivity contribution in [2.45, 2.75) is 44.6 Å². The van der Waals surface area contributed by atoms with Crippen LogP contribution in [0.1, 0.15) is 37.9 Å². The number of nitrogens with one attached hydrogen (secondary N) is 1. The van der Waals surface area contributed by atoms with Gasteiger partial charge in [0.15, 0.2) is 5.52 Å². The molecule has 2 aromatic carbocycles. The third-order valence-corrected chi connectivity index (χ3v) is 7.95. The molecule has 0 atom stereocenters. The van der Waals surface area contributed by atoms with E-state index in [-0.39, 0.29) is 36.0 Å². The molecule has 0 aliphatic rings. The smallest absolute Gasteiger partial charge is 0.277 e. The highest BCUT2D eigenvalue weighted by atomic mass is 32.2. The second-order valence-corrected chi connectivity index (χ2v) is 10.9. The van der Waals surface area contributed by atoms with Crippen molar-refractivity contribution < 1.29 is 18.3 Å². The maximum atomic E-state index is 13.7. The minimum Gasteiger partial charge on any atom is -0.493 e. The largest absolute Gasteiger partial charge is 0.493 e. The van der Waals surface area contributed by atoms with Gasteiger partial charge >= 0.3 is 0 Å². The van der Waals surface area contributed by atoms with E-state index < -0.39 is 10.0 Å². The van der Waals surface area contributed by atoms with E-state index in [1.54, 1.807) is 13.1 Å². The van der Waals surface area contributed by atoms with E-state index in [1.165, 1.54) is 21.1 Å². The number of fused-ring (bicyclic) bond motifs is 1. The van der Waals surface area contributed by atoms with Crippen LogP contribution in [0.25, 0.3) is 22.4 Å². The molecule has 0 aliphatic heterocycles. The zero-order chi connectivity index (χ0) is 27.3. The number of aliphatic hydroxyl groups is 1.